The van der Waals surface area contributed by atoms with Crippen molar-refractivity contribution in [3.63, 3.8) is 0 Å². The normalized spacial score (nSPS) is 15.8. The fraction of sp³-hybridized carbons (Fsp3) is 0.200. The molecule has 5 rings (SSSR count). The van der Waals surface area contributed by atoms with Crippen LogP contribution >= 0.6 is 0 Å². The van der Waals surface area contributed by atoms with Gasteiger partial charge in [-0.15, -0.1) is 0 Å². The van der Waals surface area contributed by atoms with Crippen molar-refractivity contribution >= 4 is 23.1 Å². The first kappa shape index (κ1) is 18.4. The summed E-state index contributed by atoms with van der Waals surface area (Å²) in [7, 11) is 1.95. The number of carboxylic acids is 1. The lowest BCUT2D eigenvalue weighted by atomic mass is 10.0. The number of hydrogen-bond donors (Lipinski definition) is 1. The zero-order valence-electron chi connectivity index (χ0n) is 16.8. The minimum Gasteiger partial charge on any atom is -0.478 e. The molecule has 0 bridgehead atoms. The lowest BCUT2D eigenvalue weighted by molar-refractivity contribution is -0.130. The van der Waals surface area contributed by atoms with Gasteiger partial charge in [0, 0.05) is 31.0 Å². The zero-order chi connectivity index (χ0) is 20.7. The maximum atomic E-state index is 11.9. The molecule has 0 spiro atoms. The molecule has 2 heterocycles. The van der Waals surface area contributed by atoms with E-state index in [9.17, 15) is 9.90 Å². The van der Waals surface area contributed by atoms with Crippen LogP contribution < -0.4 is 4.90 Å². The summed E-state index contributed by atoms with van der Waals surface area (Å²) in [5.74, 6) is 0.466. The van der Waals surface area contributed by atoms with Crippen molar-refractivity contribution in [3.8, 4) is 11.3 Å². The van der Waals surface area contributed by atoms with Crippen molar-refractivity contribution in [1.29, 1.82) is 0 Å². The van der Waals surface area contributed by atoms with Gasteiger partial charge in [0.1, 0.15) is 0 Å². The second kappa shape index (κ2) is 7.34. The molecule has 2 aliphatic rings. The van der Waals surface area contributed by atoms with Gasteiger partial charge in [0.15, 0.2) is 5.84 Å². The number of fused-ring (bicyclic) bond motifs is 1. The molecule has 150 valence electrons. The van der Waals surface area contributed by atoms with E-state index in [1.165, 1.54) is 24.6 Å². The monoisotopic (exact) mass is 397 g/mol. The van der Waals surface area contributed by atoms with Gasteiger partial charge in [-0.3, -0.25) is 0 Å². The highest BCUT2D eigenvalue weighted by molar-refractivity contribution is 6.21. The second-order valence-corrected chi connectivity index (χ2v) is 7.90. The summed E-state index contributed by atoms with van der Waals surface area (Å²) < 4.78 is 2.34. The topological polar surface area (TPSA) is 57.8 Å². The van der Waals surface area contributed by atoms with Crippen LogP contribution in [0.4, 0.5) is 5.69 Å². The van der Waals surface area contributed by atoms with Gasteiger partial charge in [-0.2, -0.15) is 0 Å². The predicted molar refractivity (Wildman–Crippen MR) is 120 cm³/mol. The first-order valence-corrected chi connectivity index (χ1v) is 10.2. The molecule has 1 N–H and O–H groups in total. The highest BCUT2D eigenvalue weighted by Gasteiger charge is 2.28. The van der Waals surface area contributed by atoms with E-state index in [0.29, 0.717) is 11.5 Å². The van der Waals surface area contributed by atoms with E-state index in [-0.39, 0.29) is 5.57 Å². The fourth-order valence-corrected chi connectivity index (χ4v) is 4.08. The van der Waals surface area contributed by atoms with Gasteiger partial charge in [0.05, 0.1) is 17.0 Å². The summed E-state index contributed by atoms with van der Waals surface area (Å²) in [5.41, 5.74) is 5.05. The van der Waals surface area contributed by atoms with E-state index >= 15 is 0 Å². The molecule has 5 nitrogen and oxygen atoms in total. The highest BCUT2D eigenvalue weighted by Crippen LogP contribution is 2.36. The van der Waals surface area contributed by atoms with E-state index in [1.54, 1.807) is 0 Å². The number of benzene rings is 2. The molecule has 1 aromatic heterocycles. The van der Waals surface area contributed by atoms with Crippen LogP contribution in [0.25, 0.3) is 16.8 Å². The van der Waals surface area contributed by atoms with Crippen LogP contribution in [-0.4, -0.2) is 28.5 Å². The molecule has 1 fully saturated rings. The second-order valence-electron chi connectivity index (χ2n) is 7.90. The SMILES string of the molecule is CN1C(c2ccc(-c3ccccc3)n2CC2CC2)=NC=C(C(=O)O)c2ccccc21. The standard InChI is InChI=1S/C25H23N3O2/c1-27-22-10-6-5-9-19(22)20(25(29)30)15-26-24(27)23-14-13-21(18-7-3-2-4-8-18)28(23)16-17-11-12-17/h2-10,13-15,17H,11-12,16H2,1H3,(H,29,30). The molecule has 1 aliphatic carbocycles. The van der Waals surface area contributed by atoms with Crippen molar-refractivity contribution in [3.05, 3.63) is 84.2 Å². The Labute approximate surface area is 175 Å². The molecule has 30 heavy (non-hydrogen) atoms. The summed E-state index contributed by atoms with van der Waals surface area (Å²) >= 11 is 0. The molecule has 0 saturated heterocycles. The number of para-hydroxylation sites is 1. The Hall–Kier alpha value is -3.60. The summed E-state index contributed by atoms with van der Waals surface area (Å²) in [6.45, 7) is 0.941. The van der Waals surface area contributed by atoms with Crippen LogP contribution in [0.2, 0.25) is 0 Å². The number of amidine groups is 1. The average Bonchev–Trinajstić information content (AvgIpc) is 3.51. The van der Waals surface area contributed by atoms with Gasteiger partial charge in [-0.25, -0.2) is 9.79 Å². The summed E-state index contributed by atoms with van der Waals surface area (Å²) in [5, 5.41) is 9.73. The number of carboxylic acid groups (broad SMARTS) is 1. The number of nitrogens with zero attached hydrogens (tertiary/aromatic N) is 3. The van der Waals surface area contributed by atoms with E-state index in [1.807, 2.05) is 42.3 Å². The number of aliphatic imine (C=N–C) groups is 1. The number of hydrogen-bond acceptors (Lipinski definition) is 3. The van der Waals surface area contributed by atoms with Gasteiger partial charge in [-0.1, -0.05) is 48.5 Å². The minimum atomic E-state index is -0.973. The Balaban J connectivity index is 1.66. The molecule has 0 atom stereocenters. The Morgan fingerprint density at radius 3 is 2.43 bits per heavy atom. The molecular formula is C25H23N3O2. The third-order valence-electron chi connectivity index (χ3n) is 5.84. The molecule has 0 unspecified atom stereocenters. The minimum absolute atomic E-state index is 0.205. The first-order chi connectivity index (χ1) is 14.6. The number of carbonyl (C=O) groups is 1. The van der Waals surface area contributed by atoms with Crippen LogP contribution in [-0.2, 0) is 11.3 Å². The van der Waals surface area contributed by atoms with Crippen LogP contribution in [0.5, 0.6) is 0 Å². The van der Waals surface area contributed by atoms with Crippen LogP contribution in [0.3, 0.4) is 0 Å². The predicted octanol–water partition coefficient (Wildman–Crippen LogP) is 4.89. The van der Waals surface area contributed by atoms with E-state index in [4.69, 9.17) is 0 Å². The van der Waals surface area contributed by atoms with E-state index in [2.05, 4.69) is 46.0 Å². The van der Waals surface area contributed by atoms with Gasteiger partial charge < -0.3 is 14.6 Å². The van der Waals surface area contributed by atoms with Gasteiger partial charge in [0.25, 0.3) is 0 Å². The molecule has 5 heteroatoms. The lowest BCUT2D eigenvalue weighted by Gasteiger charge is -2.24. The number of rotatable bonds is 5. The molecule has 3 aromatic rings. The van der Waals surface area contributed by atoms with Crippen molar-refractivity contribution in [2.45, 2.75) is 19.4 Å². The molecular weight excluding hydrogens is 374 g/mol. The van der Waals surface area contributed by atoms with Crippen molar-refractivity contribution in [2.24, 2.45) is 10.9 Å². The van der Waals surface area contributed by atoms with Gasteiger partial charge in [-0.05, 0) is 42.5 Å². The number of aliphatic carboxylic acids is 1. The summed E-state index contributed by atoms with van der Waals surface area (Å²) in [6, 6.07) is 22.2. The fourth-order valence-electron chi connectivity index (χ4n) is 4.08. The molecule has 1 aliphatic heterocycles. The third-order valence-corrected chi connectivity index (χ3v) is 5.84. The Morgan fingerprint density at radius 1 is 1.00 bits per heavy atom. The van der Waals surface area contributed by atoms with Gasteiger partial charge >= 0.3 is 5.97 Å². The summed E-state index contributed by atoms with van der Waals surface area (Å²) in [4.78, 5) is 18.5. The Bertz CT molecular complexity index is 1170. The largest absolute Gasteiger partial charge is 0.478 e. The van der Waals surface area contributed by atoms with Crippen LogP contribution in [0.1, 0.15) is 24.1 Å². The lowest BCUT2D eigenvalue weighted by Crippen LogP contribution is -2.30. The van der Waals surface area contributed by atoms with Crippen LogP contribution in [0.15, 0.2) is 77.9 Å². The highest BCUT2D eigenvalue weighted by atomic mass is 16.4. The first-order valence-electron chi connectivity index (χ1n) is 10.2. The molecule has 1 saturated carbocycles. The maximum Gasteiger partial charge on any atom is 0.337 e. The van der Waals surface area contributed by atoms with Crippen molar-refractivity contribution < 1.29 is 9.90 Å². The summed E-state index contributed by atoms with van der Waals surface area (Å²) in [6.07, 6.45) is 3.98. The average molecular weight is 397 g/mol. The number of anilines is 1. The third kappa shape index (κ3) is 3.22. The van der Waals surface area contributed by atoms with E-state index < -0.39 is 5.97 Å². The van der Waals surface area contributed by atoms with E-state index in [0.717, 1.165) is 29.5 Å². The maximum absolute atomic E-state index is 11.9. The smallest absolute Gasteiger partial charge is 0.337 e. The zero-order valence-corrected chi connectivity index (χ0v) is 16.8. The van der Waals surface area contributed by atoms with Crippen LogP contribution in [0, 0.1) is 5.92 Å². The number of aromatic nitrogens is 1. The van der Waals surface area contributed by atoms with Gasteiger partial charge in [0.2, 0.25) is 0 Å². The molecule has 0 radical (unpaired) electrons. The van der Waals surface area contributed by atoms with Crippen molar-refractivity contribution in [2.75, 3.05) is 11.9 Å². The molecule has 0 amide bonds. The molecule has 2 aromatic carbocycles. The quantitative estimate of drug-likeness (QED) is 0.667. The van der Waals surface area contributed by atoms with Crippen molar-refractivity contribution in [1.82, 2.24) is 4.57 Å². The Morgan fingerprint density at radius 2 is 1.70 bits per heavy atom. The Kier molecular flexibility index (Phi) is 4.51.